The lowest BCUT2D eigenvalue weighted by Gasteiger charge is -2.21. The fourth-order valence-electron chi connectivity index (χ4n) is 2.89. The number of nitrogens with zero attached hydrogens (tertiary/aromatic N) is 3. The van der Waals surface area contributed by atoms with Gasteiger partial charge < -0.3 is 10.00 Å². The molecule has 0 spiro atoms. The molecule has 2 aliphatic heterocycles. The third-order valence-corrected chi connectivity index (χ3v) is 4.37. The Balaban J connectivity index is 1.52. The molecule has 2 aliphatic rings. The molecule has 7 heteroatoms. The highest BCUT2D eigenvalue weighted by molar-refractivity contribution is 5.76. The molecule has 0 aromatic carbocycles. The van der Waals surface area contributed by atoms with Gasteiger partial charge >= 0.3 is 0 Å². The van der Waals surface area contributed by atoms with E-state index in [1.165, 1.54) is 0 Å². The molecule has 0 unspecified atom stereocenters. The largest absolute Gasteiger partial charge is 0.342 e. The first-order valence-electron chi connectivity index (χ1n) is 7.57. The number of terminal acetylenes is 1. The molecule has 0 atom stereocenters. The van der Waals surface area contributed by atoms with Crippen molar-refractivity contribution in [3.8, 4) is 12.3 Å². The van der Waals surface area contributed by atoms with Crippen molar-refractivity contribution in [3.63, 3.8) is 0 Å². The molecular weight excluding hydrogens is 282 g/mol. The number of hydrogen-bond donors (Lipinski definition) is 2. The zero-order chi connectivity index (χ0) is 15.6. The monoisotopic (exact) mass is 301 g/mol. The molecule has 0 saturated carbocycles. The summed E-state index contributed by atoms with van der Waals surface area (Å²) in [7, 11) is 0. The molecular formula is C15H19N5O2. The summed E-state index contributed by atoms with van der Waals surface area (Å²) in [5, 5.41) is 13.6. The number of aromatic amines is 2. The van der Waals surface area contributed by atoms with Gasteiger partial charge in [-0.25, -0.2) is 0 Å². The van der Waals surface area contributed by atoms with Crippen LogP contribution in [-0.2, 0) is 17.6 Å². The number of H-pyrrole nitrogens is 2. The highest BCUT2D eigenvalue weighted by atomic mass is 16.2. The quantitative estimate of drug-likeness (QED) is 0.793. The standard InChI is InChI=1S/C15H19N5O2/c1-2-3-7-15(18-19-15)8-4-13(21)20-9-5-11-12(6-10-20)16-17-14(11)22/h1H,3-10H2,(H2,16,17,22). The maximum absolute atomic E-state index is 12.4. The van der Waals surface area contributed by atoms with Crippen LogP contribution in [0.5, 0.6) is 0 Å². The summed E-state index contributed by atoms with van der Waals surface area (Å²) in [5.41, 5.74) is 1.20. The molecule has 3 heterocycles. The molecule has 3 rings (SSSR count). The van der Waals surface area contributed by atoms with Crippen LogP contribution in [0.15, 0.2) is 15.0 Å². The number of rotatable bonds is 5. The summed E-state index contributed by atoms with van der Waals surface area (Å²) < 4.78 is 0. The third-order valence-electron chi connectivity index (χ3n) is 4.37. The summed E-state index contributed by atoms with van der Waals surface area (Å²) >= 11 is 0. The number of fused-ring (bicyclic) bond motifs is 1. The lowest BCUT2D eigenvalue weighted by atomic mass is 10.0. The number of carbonyl (C=O) groups is 1. The number of nitrogens with one attached hydrogen (secondary N) is 2. The highest BCUT2D eigenvalue weighted by Crippen LogP contribution is 2.37. The first-order chi connectivity index (χ1) is 10.6. The summed E-state index contributed by atoms with van der Waals surface area (Å²) in [4.78, 5) is 25.8. The van der Waals surface area contributed by atoms with Crippen LogP contribution in [-0.4, -0.2) is 39.8 Å². The van der Waals surface area contributed by atoms with Crippen LogP contribution in [0.2, 0.25) is 0 Å². The molecule has 7 nitrogen and oxygen atoms in total. The molecule has 0 saturated heterocycles. The predicted molar refractivity (Wildman–Crippen MR) is 80.3 cm³/mol. The van der Waals surface area contributed by atoms with Crippen molar-refractivity contribution in [1.29, 1.82) is 0 Å². The van der Waals surface area contributed by atoms with Gasteiger partial charge in [-0.1, -0.05) is 0 Å². The first-order valence-corrected chi connectivity index (χ1v) is 7.57. The van der Waals surface area contributed by atoms with Crippen LogP contribution in [0.4, 0.5) is 0 Å². The Morgan fingerprint density at radius 1 is 1.27 bits per heavy atom. The molecule has 1 amide bonds. The van der Waals surface area contributed by atoms with Crippen LogP contribution in [0.1, 0.15) is 36.9 Å². The normalized spacial score (nSPS) is 18.4. The van der Waals surface area contributed by atoms with Crippen LogP contribution in [0.25, 0.3) is 0 Å². The fourth-order valence-corrected chi connectivity index (χ4v) is 2.89. The second-order valence-electron chi connectivity index (χ2n) is 5.80. The molecule has 116 valence electrons. The summed E-state index contributed by atoms with van der Waals surface area (Å²) in [5.74, 6) is 2.68. The van der Waals surface area contributed by atoms with Gasteiger partial charge in [-0.2, -0.15) is 10.2 Å². The molecule has 0 aliphatic carbocycles. The number of hydrogen-bond acceptors (Lipinski definition) is 4. The van der Waals surface area contributed by atoms with E-state index in [1.807, 2.05) is 4.90 Å². The minimum Gasteiger partial charge on any atom is -0.342 e. The lowest BCUT2D eigenvalue weighted by Crippen LogP contribution is -2.34. The van der Waals surface area contributed by atoms with Crippen molar-refractivity contribution in [2.75, 3.05) is 13.1 Å². The Hall–Kier alpha value is -2.36. The number of amides is 1. The molecule has 0 fully saturated rings. The summed E-state index contributed by atoms with van der Waals surface area (Å²) in [6.45, 7) is 1.21. The SMILES string of the molecule is C#CCCC1(CCC(=O)N2CCc3[nH][nH]c(=O)c3CC2)N=N1. The molecule has 1 aromatic heterocycles. The van der Waals surface area contributed by atoms with Gasteiger partial charge in [-0.3, -0.25) is 14.7 Å². The van der Waals surface area contributed by atoms with E-state index in [9.17, 15) is 9.59 Å². The average Bonchev–Trinajstić information content (AvgIpc) is 3.26. The second-order valence-corrected chi connectivity index (χ2v) is 5.80. The van der Waals surface area contributed by atoms with E-state index in [0.29, 0.717) is 45.2 Å². The van der Waals surface area contributed by atoms with E-state index in [2.05, 4.69) is 26.3 Å². The van der Waals surface area contributed by atoms with Crippen molar-refractivity contribution in [2.45, 2.75) is 44.2 Å². The summed E-state index contributed by atoms with van der Waals surface area (Å²) in [6, 6.07) is 0. The van der Waals surface area contributed by atoms with Gasteiger partial charge in [0.25, 0.3) is 5.56 Å². The van der Waals surface area contributed by atoms with Crippen molar-refractivity contribution in [2.24, 2.45) is 10.2 Å². The fraction of sp³-hybridized carbons (Fsp3) is 0.600. The van der Waals surface area contributed by atoms with Crippen molar-refractivity contribution in [3.05, 3.63) is 21.6 Å². The van der Waals surface area contributed by atoms with Gasteiger partial charge in [0.2, 0.25) is 5.91 Å². The number of aromatic nitrogens is 2. The second kappa shape index (κ2) is 5.79. The van der Waals surface area contributed by atoms with Gasteiger partial charge in [-0.15, -0.1) is 12.3 Å². The van der Waals surface area contributed by atoms with E-state index in [0.717, 1.165) is 17.7 Å². The van der Waals surface area contributed by atoms with E-state index < -0.39 is 5.66 Å². The smallest absolute Gasteiger partial charge is 0.267 e. The van der Waals surface area contributed by atoms with Crippen LogP contribution >= 0.6 is 0 Å². The predicted octanol–water partition coefficient (Wildman–Crippen LogP) is 0.986. The zero-order valence-corrected chi connectivity index (χ0v) is 12.4. The van der Waals surface area contributed by atoms with Gasteiger partial charge in [-0.05, 0) is 6.42 Å². The van der Waals surface area contributed by atoms with Crippen molar-refractivity contribution >= 4 is 5.91 Å². The van der Waals surface area contributed by atoms with Crippen LogP contribution in [0, 0.1) is 12.3 Å². The molecule has 22 heavy (non-hydrogen) atoms. The van der Waals surface area contributed by atoms with E-state index in [1.54, 1.807) is 0 Å². The Labute approximate surface area is 128 Å². The van der Waals surface area contributed by atoms with E-state index in [4.69, 9.17) is 6.42 Å². The first kappa shape index (κ1) is 14.6. The van der Waals surface area contributed by atoms with Crippen molar-refractivity contribution < 1.29 is 4.79 Å². The maximum atomic E-state index is 12.4. The van der Waals surface area contributed by atoms with E-state index in [-0.39, 0.29) is 11.5 Å². The van der Waals surface area contributed by atoms with Crippen molar-refractivity contribution in [1.82, 2.24) is 15.1 Å². The highest BCUT2D eigenvalue weighted by Gasteiger charge is 2.39. The zero-order valence-electron chi connectivity index (χ0n) is 12.4. The molecule has 0 bridgehead atoms. The van der Waals surface area contributed by atoms with Crippen LogP contribution < -0.4 is 5.56 Å². The minimum absolute atomic E-state index is 0.0758. The van der Waals surface area contributed by atoms with Gasteiger partial charge in [0.05, 0.1) is 0 Å². The lowest BCUT2D eigenvalue weighted by molar-refractivity contribution is -0.131. The van der Waals surface area contributed by atoms with Gasteiger partial charge in [0, 0.05) is 56.5 Å². The van der Waals surface area contributed by atoms with E-state index >= 15 is 0 Å². The minimum atomic E-state index is -0.407. The Bertz CT molecular complexity index is 688. The average molecular weight is 301 g/mol. The maximum Gasteiger partial charge on any atom is 0.267 e. The summed E-state index contributed by atoms with van der Waals surface area (Å²) in [6.07, 6.45) is 8.92. The number of carbonyl (C=O) groups excluding carboxylic acids is 1. The Morgan fingerprint density at radius 2 is 2.05 bits per heavy atom. The molecule has 1 aromatic rings. The molecule has 0 radical (unpaired) electrons. The Morgan fingerprint density at radius 3 is 2.77 bits per heavy atom. The molecule has 2 N–H and O–H groups in total. The Kier molecular flexibility index (Phi) is 3.84. The van der Waals surface area contributed by atoms with Gasteiger partial charge in [0.1, 0.15) is 0 Å². The van der Waals surface area contributed by atoms with Gasteiger partial charge in [0.15, 0.2) is 5.66 Å². The van der Waals surface area contributed by atoms with Crippen LogP contribution in [0.3, 0.4) is 0 Å². The third kappa shape index (κ3) is 2.96. The topological polar surface area (TPSA) is 93.7 Å².